The quantitative estimate of drug-likeness (QED) is 0.806. The van der Waals surface area contributed by atoms with Crippen LogP contribution in [0, 0.1) is 0 Å². The number of carbonyl (C=O) groups excluding carboxylic acids is 1. The third-order valence-corrected chi connectivity index (χ3v) is 5.02. The molecule has 3 N–H and O–H groups in total. The number of para-hydroxylation sites is 1. The molecule has 1 amide bonds. The van der Waals surface area contributed by atoms with Crippen LogP contribution in [0.3, 0.4) is 0 Å². The molecule has 2 aromatic carbocycles. The van der Waals surface area contributed by atoms with Crippen molar-refractivity contribution >= 4 is 45.0 Å². The molecule has 0 bridgehead atoms. The average molecular weight is 357 g/mol. The lowest BCUT2D eigenvalue weighted by Gasteiger charge is -2.06. The summed E-state index contributed by atoms with van der Waals surface area (Å²) in [4.78, 5) is 12.4. The average Bonchev–Trinajstić information content (AvgIpc) is 2.45. The first-order valence-corrected chi connectivity index (χ1v) is 9.07. The van der Waals surface area contributed by atoms with Gasteiger partial charge in [-0.15, -0.1) is 11.8 Å². The number of anilines is 1. The molecule has 0 heterocycles. The van der Waals surface area contributed by atoms with Gasteiger partial charge in [0.15, 0.2) is 0 Å². The molecule has 0 unspecified atom stereocenters. The summed E-state index contributed by atoms with van der Waals surface area (Å²) in [7, 11) is -3.84. The maximum absolute atomic E-state index is 11.8. The van der Waals surface area contributed by atoms with E-state index in [0.29, 0.717) is 4.90 Å². The first-order valence-electron chi connectivity index (χ1n) is 6.16. The number of carbonyl (C=O) groups is 1. The fourth-order valence-electron chi connectivity index (χ4n) is 1.67. The second-order valence-corrected chi connectivity index (χ2v) is 7.33. The maximum Gasteiger partial charge on any atom is 0.239 e. The molecule has 8 heteroatoms. The van der Waals surface area contributed by atoms with E-state index in [1.165, 1.54) is 23.9 Å². The lowest BCUT2D eigenvalue weighted by atomic mass is 10.3. The number of amides is 1. The molecule has 0 spiro atoms. The highest BCUT2D eigenvalue weighted by atomic mass is 35.5. The molecule has 0 atom stereocenters. The molecule has 0 aliphatic carbocycles. The number of hydrogen-bond donors (Lipinski definition) is 2. The van der Waals surface area contributed by atoms with E-state index in [9.17, 15) is 13.2 Å². The predicted octanol–water partition coefficient (Wildman–Crippen LogP) is 2.72. The van der Waals surface area contributed by atoms with Crippen LogP contribution in [-0.4, -0.2) is 20.1 Å². The van der Waals surface area contributed by atoms with Gasteiger partial charge in [-0.25, -0.2) is 13.6 Å². The molecule has 116 valence electrons. The van der Waals surface area contributed by atoms with Crippen molar-refractivity contribution in [2.45, 2.75) is 9.79 Å². The fraction of sp³-hybridized carbons (Fsp3) is 0.0714. The van der Waals surface area contributed by atoms with Crippen molar-refractivity contribution in [2.24, 2.45) is 5.14 Å². The van der Waals surface area contributed by atoms with Gasteiger partial charge >= 0.3 is 0 Å². The van der Waals surface area contributed by atoms with Crippen LogP contribution >= 0.6 is 23.4 Å². The van der Waals surface area contributed by atoms with Gasteiger partial charge in [0.2, 0.25) is 15.9 Å². The number of rotatable bonds is 5. The van der Waals surface area contributed by atoms with Crippen LogP contribution in [0.25, 0.3) is 0 Å². The van der Waals surface area contributed by atoms with E-state index in [4.69, 9.17) is 16.7 Å². The second-order valence-electron chi connectivity index (χ2n) is 4.34. The second kappa shape index (κ2) is 7.15. The smallest absolute Gasteiger partial charge is 0.239 e. The first-order chi connectivity index (χ1) is 10.4. The summed E-state index contributed by atoms with van der Waals surface area (Å²) < 4.78 is 22.5. The highest BCUT2D eigenvalue weighted by molar-refractivity contribution is 8.00. The van der Waals surface area contributed by atoms with E-state index in [1.807, 2.05) is 18.2 Å². The Hall–Kier alpha value is -1.54. The number of hydrogen-bond acceptors (Lipinski definition) is 4. The minimum Gasteiger partial charge on any atom is -0.325 e. The first kappa shape index (κ1) is 16.8. The van der Waals surface area contributed by atoms with E-state index in [1.54, 1.807) is 18.2 Å². The Labute approximate surface area is 137 Å². The zero-order valence-electron chi connectivity index (χ0n) is 11.3. The van der Waals surface area contributed by atoms with Gasteiger partial charge in [0.25, 0.3) is 0 Å². The van der Waals surface area contributed by atoms with Crippen molar-refractivity contribution in [1.29, 1.82) is 0 Å². The summed E-state index contributed by atoms with van der Waals surface area (Å²) in [5.74, 6) is 0.0165. The molecular formula is C14H13ClN2O3S2. The Balaban J connectivity index is 1.97. The summed E-state index contributed by atoms with van der Waals surface area (Å²) in [6, 6.07) is 13.5. The van der Waals surface area contributed by atoms with Gasteiger partial charge in [-0.1, -0.05) is 29.8 Å². The molecule has 5 nitrogen and oxygen atoms in total. The van der Waals surface area contributed by atoms with Crippen molar-refractivity contribution in [3.05, 3.63) is 53.6 Å². The molecule has 0 fully saturated rings. The van der Waals surface area contributed by atoms with E-state index in [0.717, 1.165) is 5.69 Å². The highest BCUT2D eigenvalue weighted by Crippen LogP contribution is 2.27. The standard InChI is InChI=1S/C14H13ClN2O3S2/c15-12-8-11(6-7-13(12)22(16,19)20)21-9-14(18)17-10-4-2-1-3-5-10/h1-8H,9H2,(H,17,18)(H2,16,19,20). The number of thioether (sulfide) groups is 1. The van der Waals surface area contributed by atoms with Crippen molar-refractivity contribution in [1.82, 2.24) is 0 Å². The van der Waals surface area contributed by atoms with Crippen LogP contribution in [0.15, 0.2) is 58.3 Å². The molecule has 0 saturated carbocycles. The molecular weight excluding hydrogens is 344 g/mol. The number of benzene rings is 2. The van der Waals surface area contributed by atoms with Gasteiger partial charge < -0.3 is 5.32 Å². The Morgan fingerprint density at radius 1 is 1.18 bits per heavy atom. The van der Waals surface area contributed by atoms with Crippen LogP contribution in [0.5, 0.6) is 0 Å². The van der Waals surface area contributed by atoms with Gasteiger partial charge in [0.1, 0.15) is 4.90 Å². The van der Waals surface area contributed by atoms with Crippen LogP contribution in [-0.2, 0) is 14.8 Å². The fourth-order valence-corrected chi connectivity index (χ4v) is 3.56. The molecule has 2 rings (SSSR count). The third-order valence-electron chi connectivity index (χ3n) is 2.64. The minimum atomic E-state index is -3.84. The largest absolute Gasteiger partial charge is 0.325 e. The monoisotopic (exact) mass is 356 g/mol. The topological polar surface area (TPSA) is 89.3 Å². The lowest BCUT2D eigenvalue weighted by Crippen LogP contribution is -2.14. The molecule has 0 saturated heterocycles. The van der Waals surface area contributed by atoms with Crippen LogP contribution in [0.1, 0.15) is 0 Å². The van der Waals surface area contributed by atoms with Crippen molar-refractivity contribution in [2.75, 3.05) is 11.1 Å². The number of primary sulfonamides is 1. The third kappa shape index (κ3) is 4.74. The lowest BCUT2D eigenvalue weighted by molar-refractivity contribution is -0.113. The SMILES string of the molecule is NS(=O)(=O)c1ccc(SCC(=O)Nc2ccccc2)cc1Cl. The number of sulfonamides is 1. The molecule has 0 aliphatic heterocycles. The van der Waals surface area contributed by atoms with Gasteiger partial charge in [-0.05, 0) is 30.3 Å². The summed E-state index contributed by atoms with van der Waals surface area (Å²) in [5.41, 5.74) is 0.718. The summed E-state index contributed by atoms with van der Waals surface area (Å²) in [6.07, 6.45) is 0. The number of nitrogens with two attached hydrogens (primary N) is 1. The molecule has 22 heavy (non-hydrogen) atoms. The van der Waals surface area contributed by atoms with E-state index >= 15 is 0 Å². The van der Waals surface area contributed by atoms with Gasteiger partial charge in [0, 0.05) is 10.6 Å². The van der Waals surface area contributed by atoms with Gasteiger partial charge in [0.05, 0.1) is 10.8 Å². The van der Waals surface area contributed by atoms with Crippen LogP contribution in [0.4, 0.5) is 5.69 Å². The number of halogens is 1. The Morgan fingerprint density at radius 3 is 2.45 bits per heavy atom. The molecule has 0 radical (unpaired) electrons. The summed E-state index contributed by atoms with van der Waals surface area (Å²) in [5, 5.41) is 7.82. The van der Waals surface area contributed by atoms with Gasteiger partial charge in [-0.3, -0.25) is 4.79 Å². The predicted molar refractivity (Wildman–Crippen MR) is 88.6 cm³/mol. The molecule has 2 aromatic rings. The Bertz CT molecular complexity index is 780. The summed E-state index contributed by atoms with van der Waals surface area (Å²) in [6.45, 7) is 0. The molecule has 0 aromatic heterocycles. The van der Waals surface area contributed by atoms with Crippen molar-refractivity contribution in [3.63, 3.8) is 0 Å². The zero-order valence-corrected chi connectivity index (χ0v) is 13.7. The van der Waals surface area contributed by atoms with E-state index in [2.05, 4.69) is 5.32 Å². The van der Waals surface area contributed by atoms with E-state index < -0.39 is 10.0 Å². The number of nitrogens with one attached hydrogen (secondary N) is 1. The molecule has 0 aliphatic rings. The Kier molecular flexibility index (Phi) is 5.47. The zero-order chi connectivity index (χ0) is 16.2. The maximum atomic E-state index is 11.8. The van der Waals surface area contributed by atoms with Gasteiger partial charge in [-0.2, -0.15) is 0 Å². The summed E-state index contributed by atoms with van der Waals surface area (Å²) >= 11 is 7.14. The van der Waals surface area contributed by atoms with E-state index in [-0.39, 0.29) is 21.6 Å². The van der Waals surface area contributed by atoms with Crippen molar-refractivity contribution in [3.8, 4) is 0 Å². The highest BCUT2D eigenvalue weighted by Gasteiger charge is 2.13. The normalized spacial score (nSPS) is 11.2. The Morgan fingerprint density at radius 2 is 1.86 bits per heavy atom. The van der Waals surface area contributed by atoms with Crippen molar-refractivity contribution < 1.29 is 13.2 Å². The van der Waals surface area contributed by atoms with Crippen LogP contribution in [0.2, 0.25) is 5.02 Å². The minimum absolute atomic E-state index is 0.0379. The van der Waals surface area contributed by atoms with Crippen LogP contribution < -0.4 is 10.5 Å².